The molecule has 0 fully saturated rings. The molecule has 0 saturated heterocycles. The first-order chi connectivity index (χ1) is 17.5. The first kappa shape index (κ1) is 25.0. The largest absolute Gasteiger partial charge is 0.493 e. The van der Waals surface area contributed by atoms with Gasteiger partial charge in [-0.3, -0.25) is 4.79 Å². The summed E-state index contributed by atoms with van der Waals surface area (Å²) in [5.41, 5.74) is 3.00. The zero-order valence-electron chi connectivity index (χ0n) is 19.3. The maximum atomic E-state index is 12.8. The average Bonchev–Trinajstić information content (AvgIpc) is 3.25. The zero-order valence-corrected chi connectivity index (χ0v) is 20.9. The van der Waals surface area contributed by atoms with Crippen molar-refractivity contribution >= 4 is 51.1 Å². The van der Waals surface area contributed by atoms with Gasteiger partial charge in [-0.1, -0.05) is 41.9 Å². The topological polar surface area (TPSA) is 95.5 Å². The van der Waals surface area contributed by atoms with E-state index < -0.39 is 11.9 Å². The van der Waals surface area contributed by atoms with Crippen molar-refractivity contribution in [2.75, 3.05) is 20.8 Å². The molecule has 8 nitrogen and oxygen atoms in total. The van der Waals surface area contributed by atoms with Crippen LogP contribution in [-0.2, 0) is 4.79 Å². The molecule has 0 aliphatic rings. The van der Waals surface area contributed by atoms with Crippen molar-refractivity contribution in [1.82, 2.24) is 5.43 Å². The number of fused-ring (bicyclic) bond motifs is 1. The van der Waals surface area contributed by atoms with Gasteiger partial charge in [0.05, 0.1) is 25.5 Å². The second-order valence-corrected chi connectivity index (χ2v) is 8.70. The highest BCUT2D eigenvalue weighted by molar-refractivity contribution is 7.21. The van der Waals surface area contributed by atoms with Gasteiger partial charge in [-0.25, -0.2) is 10.2 Å². The molecule has 0 unspecified atom stereocenters. The van der Waals surface area contributed by atoms with Crippen LogP contribution in [0.2, 0.25) is 5.02 Å². The molecule has 0 aliphatic heterocycles. The molecule has 0 radical (unpaired) electrons. The Balaban J connectivity index is 1.37. The molecule has 36 heavy (non-hydrogen) atoms. The minimum Gasteiger partial charge on any atom is -0.493 e. The lowest BCUT2D eigenvalue weighted by Gasteiger charge is -2.10. The van der Waals surface area contributed by atoms with Crippen LogP contribution < -0.4 is 24.4 Å². The standard InChI is InChI=1S/C26H21ClN2O6S/c1-32-18-8-4-5-9-19(18)34-15-23(30)29-28-14-16-11-12-20(21(13-16)33-2)35-26(31)25-24(27)17-7-3-6-10-22(17)36-25/h3-14H,15H2,1-2H3,(H,29,30)/b28-14-. The highest BCUT2D eigenvalue weighted by Gasteiger charge is 2.20. The van der Waals surface area contributed by atoms with E-state index in [-0.39, 0.29) is 12.4 Å². The molecule has 1 aromatic heterocycles. The Labute approximate surface area is 216 Å². The highest BCUT2D eigenvalue weighted by atomic mass is 35.5. The molecule has 3 aromatic carbocycles. The molecule has 0 aliphatic carbocycles. The number of nitrogens with zero attached hydrogens (tertiary/aromatic N) is 1. The number of ether oxygens (including phenoxy) is 4. The number of para-hydroxylation sites is 2. The first-order valence-electron chi connectivity index (χ1n) is 10.6. The van der Waals surface area contributed by atoms with E-state index in [9.17, 15) is 9.59 Å². The van der Waals surface area contributed by atoms with E-state index >= 15 is 0 Å². The van der Waals surface area contributed by atoms with E-state index in [1.165, 1.54) is 31.8 Å². The number of thiophene rings is 1. The Hall–Kier alpha value is -4.08. The molecule has 0 spiro atoms. The summed E-state index contributed by atoms with van der Waals surface area (Å²) in [6.45, 7) is -0.240. The van der Waals surface area contributed by atoms with Crippen LogP contribution >= 0.6 is 22.9 Å². The summed E-state index contributed by atoms with van der Waals surface area (Å²) in [5.74, 6) is 0.484. The van der Waals surface area contributed by atoms with E-state index in [2.05, 4.69) is 10.5 Å². The minimum atomic E-state index is -0.580. The van der Waals surface area contributed by atoms with Crippen molar-refractivity contribution in [2.24, 2.45) is 5.10 Å². The summed E-state index contributed by atoms with van der Waals surface area (Å²) in [4.78, 5) is 25.1. The highest BCUT2D eigenvalue weighted by Crippen LogP contribution is 2.37. The number of hydrazone groups is 1. The number of hydrogen-bond acceptors (Lipinski definition) is 8. The lowest BCUT2D eigenvalue weighted by molar-refractivity contribution is -0.123. The number of esters is 1. The third kappa shape index (κ3) is 5.76. The van der Waals surface area contributed by atoms with Crippen LogP contribution in [0.5, 0.6) is 23.0 Å². The van der Waals surface area contributed by atoms with Gasteiger partial charge < -0.3 is 18.9 Å². The maximum absolute atomic E-state index is 12.8. The molecule has 4 aromatic rings. The number of rotatable bonds is 9. The molecule has 1 heterocycles. The summed E-state index contributed by atoms with van der Waals surface area (Å²) in [6.07, 6.45) is 1.43. The van der Waals surface area contributed by atoms with Crippen molar-refractivity contribution in [3.8, 4) is 23.0 Å². The number of hydrogen-bond donors (Lipinski definition) is 1. The lowest BCUT2D eigenvalue weighted by atomic mass is 10.2. The molecule has 4 rings (SSSR count). The third-order valence-corrected chi connectivity index (χ3v) is 6.60. The van der Waals surface area contributed by atoms with E-state index in [4.69, 9.17) is 30.5 Å². The average molecular weight is 525 g/mol. The summed E-state index contributed by atoms with van der Waals surface area (Å²) in [7, 11) is 2.98. The van der Waals surface area contributed by atoms with Crippen molar-refractivity contribution in [2.45, 2.75) is 0 Å². The molecule has 0 bridgehead atoms. The predicted molar refractivity (Wildman–Crippen MR) is 139 cm³/mol. The normalized spacial score (nSPS) is 10.9. The van der Waals surface area contributed by atoms with Gasteiger partial charge in [-0.05, 0) is 42.0 Å². The van der Waals surface area contributed by atoms with E-state index in [0.717, 1.165) is 10.1 Å². The summed E-state index contributed by atoms with van der Waals surface area (Å²) in [6, 6.07) is 19.3. The zero-order chi connectivity index (χ0) is 25.5. The SMILES string of the molecule is COc1ccccc1OCC(=O)N/N=C\c1ccc(OC(=O)c2sc3ccccc3c2Cl)c(OC)c1. The fourth-order valence-corrected chi connectivity index (χ4v) is 4.62. The van der Waals surface area contributed by atoms with Crippen LogP contribution in [0.4, 0.5) is 0 Å². The van der Waals surface area contributed by atoms with Gasteiger partial charge in [-0.15, -0.1) is 11.3 Å². The Bertz CT molecular complexity index is 1440. The minimum absolute atomic E-state index is 0.224. The molecule has 10 heteroatoms. The van der Waals surface area contributed by atoms with Crippen LogP contribution in [0.1, 0.15) is 15.2 Å². The van der Waals surface area contributed by atoms with Crippen LogP contribution in [0.3, 0.4) is 0 Å². The fourth-order valence-electron chi connectivity index (χ4n) is 3.23. The van der Waals surface area contributed by atoms with Crippen LogP contribution in [-0.4, -0.2) is 38.9 Å². The van der Waals surface area contributed by atoms with Gasteiger partial charge in [-0.2, -0.15) is 5.10 Å². The molecule has 1 N–H and O–H groups in total. The fraction of sp³-hybridized carbons (Fsp3) is 0.115. The van der Waals surface area contributed by atoms with Crippen LogP contribution in [0, 0.1) is 0 Å². The van der Waals surface area contributed by atoms with E-state index in [1.54, 1.807) is 42.5 Å². The van der Waals surface area contributed by atoms with Gasteiger partial charge in [0.25, 0.3) is 5.91 Å². The smallest absolute Gasteiger partial charge is 0.355 e. The quantitative estimate of drug-likeness (QED) is 0.138. The van der Waals surface area contributed by atoms with Crippen molar-refractivity contribution in [1.29, 1.82) is 0 Å². The molecule has 0 atom stereocenters. The number of benzene rings is 3. The van der Waals surface area contributed by atoms with Gasteiger partial charge in [0, 0.05) is 10.1 Å². The molecular formula is C26H21ClN2O6S. The Morgan fingerprint density at radius 3 is 2.42 bits per heavy atom. The molecule has 184 valence electrons. The first-order valence-corrected chi connectivity index (χ1v) is 11.8. The second kappa shape index (κ2) is 11.6. The number of nitrogens with one attached hydrogen (secondary N) is 1. The summed E-state index contributed by atoms with van der Waals surface area (Å²) in [5, 5.41) is 5.08. The predicted octanol–water partition coefficient (Wildman–Crippen LogP) is 5.32. The Morgan fingerprint density at radius 2 is 1.67 bits per heavy atom. The number of carbonyl (C=O) groups excluding carboxylic acids is 2. The Morgan fingerprint density at radius 1 is 0.944 bits per heavy atom. The van der Waals surface area contributed by atoms with Crippen molar-refractivity contribution in [3.63, 3.8) is 0 Å². The summed E-state index contributed by atoms with van der Waals surface area (Å²) < 4.78 is 22.4. The molecule has 0 saturated carbocycles. The van der Waals surface area contributed by atoms with Crippen LogP contribution in [0.25, 0.3) is 10.1 Å². The number of carbonyl (C=O) groups is 2. The van der Waals surface area contributed by atoms with Gasteiger partial charge in [0.15, 0.2) is 29.6 Å². The monoisotopic (exact) mass is 524 g/mol. The third-order valence-electron chi connectivity index (χ3n) is 4.94. The van der Waals surface area contributed by atoms with Crippen molar-refractivity contribution in [3.05, 3.63) is 82.2 Å². The molecule has 1 amide bonds. The number of amides is 1. The number of halogens is 1. The molecular weight excluding hydrogens is 504 g/mol. The maximum Gasteiger partial charge on any atom is 0.355 e. The van der Waals surface area contributed by atoms with Gasteiger partial charge in [0.1, 0.15) is 4.88 Å². The Kier molecular flexibility index (Phi) is 8.04. The van der Waals surface area contributed by atoms with E-state index in [0.29, 0.717) is 32.7 Å². The number of methoxy groups -OCH3 is 2. The van der Waals surface area contributed by atoms with Crippen molar-refractivity contribution < 1.29 is 28.5 Å². The van der Waals surface area contributed by atoms with E-state index in [1.807, 2.05) is 24.3 Å². The second-order valence-electron chi connectivity index (χ2n) is 7.27. The lowest BCUT2D eigenvalue weighted by Crippen LogP contribution is -2.24. The van der Waals surface area contributed by atoms with Gasteiger partial charge >= 0.3 is 5.97 Å². The van der Waals surface area contributed by atoms with Gasteiger partial charge in [0.2, 0.25) is 0 Å². The summed E-state index contributed by atoms with van der Waals surface area (Å²) >= 11 is 7.64. The van der Waals surface area contributed by atoms with Crippen LogP contribution in [0.15, 0.2) is 71.8 Å².